The normalized spacial score (nSPS) is 11.8. The Balaban J connectivity index is 2.26. The van der Waals surface area contributed by atoms with Crippen LogP contribution in [0.15, 0.2) is 54.6 Å². The number of hydrogen-bond acceptors (Lipinski definition) is 0. The Morgan fingerprint density at radius 1 is 1.12 bits per heavy atom. The van der Waals surface area contributed by atoms with E-state index in [1.807, 2.05) is 12.1 Å². The number of benzene rings is 2. The van der Waals surface area contributed by atoms with Gasteiger partial charge in [0.25, 0.3) is 0 Å². The maximum atomic E-state index is 3.09. The van der Waals surface area contributed by atoms with Gasteiger partial charge in [-0.1, -0.05) is 55.5 Å². The van der Waals surface area contributed by atoms with Crippen LogP contribution in [0.3, 0.4) is 0 Å². The van der Waals surface area contributed by atoms with Crippen LogP contribution in [-0.4, -0.2) is 0 Å². The minimum atomic E-state index is 1.08. The highest BCUT2D eigenvalue weighted by molar-refractivity contribution is 5.84. The minimum Gasteiger partial charge on any atom is -0.0848 e. The molecule has 0 saturated heterocycles. The van der Waals surface area contributed by atoms with Gasteiger partial charge in [0.15, 0.2) is 0 Å². The Hall–Kier alpha value is -1.82. The SMILES string of the molecule is CCC=CC=Cc1ccc2c[c]ccc2c1. The molecule has 0 heterocycles. The predicted octanol–water partition coefficient (Wildman–Crippen LogP) is 4.62. The Bertz CT molecular complexity index is 518. The summed E-state index contributed by atoms with van der Waals surface area (Å²) < 4.78 is 0. The van der Waals surface area contributed by atoms with Gasteiger partial charge < -0.3 is 0 Å². The molecule has 0 aliphatic rings. The number of fused-ring (bicyclic) bond motifs is 1. The lowest BCUT2D eigenvalue weighted by atomic mass is 10.1. The molecule has 0 spiro atoms. The topological polar surface area (TPSA) is 0 Å². The molecule has 0 bridgehead atoms. The monoisotopic (exact) mass is 207 g/mol. The molecule has 0 saturated carbocycles. The first kappa shape index (κ1) is 10.7. The van der Waals surface area contributed by atoms with Crippen LogP contribution in [0.5, 0.6) is 0 Å². The molecule has 79 valence electrons. The molecule has 2 aromatic rings. The van der Waals surface area contributed by atoms with Crippen molar-refractivity contribution in [3.63, 3.8) is 0 Å². The van der Waals surface area contributed by atoms with E-state index < -0.39 is 0 Å². The lowest BCUT2D eigenvalue weighted by Crippen LogP contribution is -1.74. The number of hydrogen-bond donors (Lipinski definition) is 0. The summed E-state index contributed by atoms with van der Waals surface area (Å²) in [7, 11) is 0. The van der Waals surface area contributed by atoms with Crippen molar-refractivity contribution >= 4 is 16.8 Å². The maximum absolute atomic E-state index is 3.09. The highest BCUT2D eigenvalue weighted by atomic mass is 14.0. The third kappa shape index (κ3) is 2.60. The first-order valence-electron chi connectivity index (χ1n) is 5.63. The summed E-state index contributed by atoms with van der Waals surface area (Å²) in [6.07, 6.45) is 9.52. The van der Waals surface area contributed by atoms with Crippen LogP contribution in [0.4, 0.5) is 0 Å². The molecule has 0 aliphatic heterocycles. The van der Waals surface area contributed by atoms with E-state index in [1.54, 1.807) is 0 Å². The molecule has 1 radical (unpaired) electrons. The summed E-state index contributed by atoms with van der Waals surface area (Å²) in [6, 6.07) is 15.6. The molecule has 0 aromatic heterocycles. The molecule has 0 fully saturated rings. The smallest absolute Gasteiger partial charge is 0.0177 e. The molecule has 16 heavy (non-hydrogen) atoms. The van der Waals surface area contributed by atoms with Crippen LogP contribution in [0.1, 0.15) is 18.9 Å². The van der Waals surface area contributed by atoms with Crippen molar-refractivity contribution in [1.29, 1.82) is 0 Å². The molecule has 0 atom stereocenters. The largest absolute Gasteiger partial charge is 0.0848 e. The van der Waals surface area contributed by atoms with Gasteiger partial charge in [-0.25, -0.2) is 0 Å². The van der Waals surface area contributed by atoms with E-state index in [0.29, 0.717) is 0 Å². The Morgan fingerprint density at radius 2 is 2.06 bits per heavy atom. The molecule has 0 N–H and O–H groups in total. The Labute approximate surface area is 96.9 Å². The van der Waals surface area contributed by atoms with Crippen LogP contribution in [0.2, 0.25) is 0 Å². The highest BCUT2D eigenvalue weighted by Crippen LogP contribution is 2.16. The molecule has 0 aliphatic carbocycles. The third-order valence-electron chi connectivity index (χ3n) is 2.48. The van der Waals surface area contributed by atoms with Crippen molar-refractivity contribution in [2.75, 3.05) is 0 Å². The summed E-state index contributed by atoms with van der Waals surface area (Å²) in [4.78, 5) is 0. The van der Waals surface area contributed by atoms with Gasteiger partial charge in [-0.05, 0) is 41.0 Å². The molecule has 2 aromatic carbocycles. The van der Waals surface area contributed by atoms with E-state index in [4.69, 9.17) is 0 Å². The predicted molar refractivity (Wildman–Crippen MR) is 71.2 cm³/mol. The summed E-state index contributed by atoms with van der Waals surface area (Å²) in [5, 5.41) is 2.50. The standard InChI is InChI=1S/C16H15/c1-2-3-4-5-8-14-11-12-15-9-6-7-10-16(15)13-14/h3-5,7-13H,2H2,1H3. The second kappa shape index (κ2) is 5.32. The summed E-state index contributed by atoms with van der Waals surface area (Å²) in [5.41, 5.74) is 1.24. The van der Waals surface area contributed by atoms with Gasteiger partial charge in [0, 0.05) is 0 Å². The van der Waals surface area contributed by atoms with Gasteiger partial charge in [0.05, 0.1) is 0 Å². The zero-order valence-electron chi connectivity index (χ0n) is 9.48. The lowest BCUT2D eigenvalue weighted by Gasteiger charge is -1.98. The van der Waals surface area contributed by atoms with Crippen LogP contribution >= 0.6 is 0 Å². The van der Waals surface area contributed by atoms with E-state index in [0.717, 1.165) is 6.42 Å². The van der Waals surface area contributed by atoms with Crippen LogP contribution < -0.4 is 0 Å². The quantitative estimate of drug-likeness (QED) is 0.644. The number of allylic oxidation sites excluding steroid dienone is 3. The van der Waals surface area contributed by atoms with Gasteiger partial charge in [0.2, 0.25) is 0 Å². The molecule has 0 heteroatoms. The maximum Gasteiger partial charge on any atom is -0.0177 e. The van der Waals surface area contributed by atoms with Gasteiger partial charge in [-0.15, -0.1) is 0 Å². The van der Waals surface area contributed by atoms with Crippen LogP contribution in [-0.2, 0) is 0 Å². The molecular weight excluding hydrogens is 192 g/mol. The van der Waals surface area contributed by atoms with E-state index in [1.165, 1.54) is 16.3 Å². The Kier molecular flexibility index (Phi) is 3.55. The lowest BCUT2D eigenvalue weighted by molar-refractivity contribution is 1.22. The van der Waals surface area contributed by atoms with Crippen molar-refractivity contribution in [1.82, 2.24) is 0 Å². The first-order chi connectivity index (χ1) is 7.90. The fraction of sp³-hybridized carbons (Fsp3) is 0.125. The van der Waals surface area contributed by atoms with E-state index in [-0.39, 0.29) is 0 Å². The average Bonchev–Trinajstić information content (AvgIpc) is 2.34. The zero-order valence-corrected chi connectivity index (χ0v) is 9.48. The summed E-state index contributed by atoms with van der Waals surface area (Å²) >= 11 is 0. The average molecular weight is 207 g/mol. The fourth-order valence-corrected chi connectivity index (χ4v) is 1.63. The minimum absolute atomic E-state index is 1.08. The van der Waals surface area contributed by atoms with Crippen molar-refractivity contribution in [2.45, 2.75) is 13.3 Å². The zero-order chi connectivity index (χ0) is 11.2. The van der Waals surface area contributed by atoms with Crippen molar-refractivity contribution < 1.29 is 0 Å². The highest BCUT2D eigenvalue weighted by Gasteiger charge is 1.91. The second-order valence-corrected chi connectivity index (χ2v) is 3.73. The molecule has 0 nitrogen and oxygen atoms in total. The van der Waals surface area contributed by atoms with Gasteiger partial charge >= 0.3 is 0 Å². The Morgan fingerprint density at radius 3 is 2.94 bits per heavy atom. The van der Waals surface area contributed by atoms with Crippen molar-refractivity contribution in [3.05, 3.63) is 66.3 Å². The van der Waals surface area contributed by atoms with Gasteiger partial charge in [-0.2, -0.15) is 0 Å². The van der Waals surface area contributed by atoms with E-state index in [9.17, 15) is 0 Å². The fourth-order valence-electron chi connectivity index (χ4n) is 1.63. The molecule has 2 rings (SSSR count). The van der Waals surface area contributed by atoms with Gasteiger partial charge in [0.1, 0.15) is 0 Å². The van der Waals surface area contributed by atoms with E-state index in [2.05, 4.69) is 61.6 Å². The third-order valence-corrected chi connectivity index (χ3v) is 2.48. The summed E-state index contributed by atoms with van der Waals surface area (Å²) in [6.45, 7) is 2.14. The molecule has 0 amide bonds. The number of rotatable bonds is 3. The van der Waals surface area contributed by atoms with Crippen molar-refractivity contribution in [2.24, 2.45) is 0 Å². The molecule has 0 unspecified atom stereocenters. The summed E-state index contributed by atoms with van der Waals surface area (Å²) in [5.74, 6) is 0. The van der Waals surface area contributed by atoms with Crippen LogP contribution in [0.25, 0.3) is 16.8 Å². The van der Waals surface area contributed by atoms with Gasteiger partial charge in [-0.3, -0.25) is 0 Å². The first-order valence-corrected chi connectivity index (χ1v) is 5.63. The molecular formula is C16H15. The van der Waals surface area contributed by atoms with E-state index >= 15 is 0 Å². The van der Waals surface area contributed by atoms with Crippen molar-refractivity contribution in [3.8, 4) is 0 Å². The second-order valence-electron chi connectivity index (χ2n) is 3.73. The van der Waals surface area contributed by atoms with Crippen LogP contribution in [0, 0.1) is 6.07 Å².